The van der Waals surface area contributed by atoms with Gasteiger partial charge in [-0.2, -0.15) is 0 Å². The molecule has 24 heavy (non-hydrogen) atoms. The van der Waals surface area contributed by atoms with Gasteiger partial charge in [0.05, 0.1) is 11.4 Å². The van der Waals surface area contributed by atoms with Crippen molar-refractivity contribution in [1.82, 2.24) is 19.8 Å². The van der Waals surface area contributed by atoms with Gasteiger partial charge in [-0.25, -0.2) is 4.98 Å². The summed E-state index contributed by atoms with van der Waals surface area (Å²) in [5, 5.41) is 0.815. The second kappa shape index (κ2) is 7.40. The Morgan fingerprint density at radius 2 is 2.00 bits per heavy atom. The molecule has 1 aliphatic heterocycles. The van der Waals surface area contributed by atoms with Crippen molar-refractivity contribution in [3.63, 3.8) is 0 Å². The van der Waals surface area contributed by atoms with Crippen LogP contribution in [-0.4, -0.2) is 58.4 Å². The van der Waals surface area contributed by atoms with Gasteiger partial charge in [0.2, 0.25) is 0 Å². The van der Waals surface area contributed by atoms with Gasteiger partial charge in [-0.15, -0.1) is 11.3 Å². The maximum atomic E-state index is 12.9. The van der Waals surface area contributed by atoms with E-state index in [1.165, 1.54) is 11.3 Å². The minimum absolute atomic E-state index is 0.108. The highest BCUT2D eigenvalue weighted by molar-refractivity contribution is 7.17. The third kappa shape index (κ3) is 3.82. The topological polar surface area (TPSA) is 49.3 Å². The van der Waals surface area contributed by atoms with Crippen LogP contribution in [0.1, 0.15) is 29.2 Å². The predicted octanol–water partition coefficient (Wildman–Crippen LogP) is 2.93. The molecule has 0 spiro atoms. The maximum absolute atomic E-state index is 12.9. The average molecular weight is 344 g/mol. The lowest BCUT2D eigenvalue weighted by Crippen LogP contribution is -2.49. The monoisotopic (exact) mass is 344 g/mol. The third-order valence-electron chi connectivity index (χ3n) is 4.16. The Hall–Kier alpha value is -1.79. The molecule has 2 aromatic rings. The van der Waals surface area contributed by atoms with Crippen LogP contribution in [0.3, 0.4) is 0 Å². The summed E-state index contributed by atoms with van der Waals surface area (Å²) in [5.74, 6) is 0.772. The van der Waals surface area contributed by atoms with Crippen LogP contribution in [0.25, 0.3) is 10.7 Å². The van der Waals surface area contributed by atoms with Gasteiger partial charge in [-0.3, -0.25) is 14.7 Å². The lowest BCUT2D eigenvalue weighted by atomic mass is 10.2. The number of carbonyl (C=O) groups excluding carboxylic acids is 1. The van der Waals surface area contributed by atoms with E-state index in [9.17, 15) is 4.79 Å². The largest absolute Gasteiger partial charge is 0.335 e. The molecule has 0 atom stereocenters. The second-order valence-electron chi connectivity index (χ2n) is 6.64. The fourth-order valence-electron chi connectivity index (χ4n) is 2.99. The quantitative estimate of drug-likeness (QED) is 0.856. The molecule has 128 valence electrons. The number of piperazine rings is 1. The number of carbonyl (C=O) groups is 1. The summed E-state index contributed by atoms with van der Waals surface area (Å²) in [7, 11) is 0. The second-order valence-corrected chi connectivity index (χ2v) is 7.63. The standard InChI is InChI=1S/C18H24N4OS/c1-13(2)12-21-8-10-22(11-9-21)18(23)16-14(3)20-17(24-16)15-6-4-5-7-19-15/h4-7,13H,8-12H2,1-3H3. The molecule has 0 aliphatic carbocycles. The van der Waals surface area contributed by atoms with Crippen molar-refractivity contribution in [2.24, 2.45) is 5.92 Å². The Bertz CT molecular complexity index is 690. The zero-order valence-electron chi connectivity index (χ0n) is 14.5. The molecular formula is C18H24N4OS. The highest BCUT2D eigenvalue weighted by Gasteiger charge is 2.25. The number of aromatic nitrogens is 2. The van der Waals surface area contributed by atoms with Crippen molar-refractivity contribution in [2.45, 2.75) is 20.8 Å². The molecule has 0 aromatic carbocycles. The van der Waals surface area contributed by atoms with Gasteiger partial charge in [0.1, 0.15) is 9.88 Å². The van der Waals surface area contributed by atoms with Crippen molar-refractivity contribution < 1.29 is 4.79 Å². The van der Waals surface area contributed by atoms with E-state index in [2.05, 4.69) is 28.7 Å². The lowest BCUT2D eigenvalue weighted by molar-refractivity contribution is 0.0627. The normalized spacial score (nSPS) is 15.9. The molecule has 3 rings (SSSR count). The number of thiazole rings is 1. The van der Waals surface area contributed by atoms with E-state index in [0.717, 1.165) is 54.0 Å². The third-order valence-corrected chi connectivity index (χ3v) is 5.33. The SMILES string of the molecule is Cc1nc(-c2ccccn2)sc1C(=O)N1CCN(CC(C)C)CC1. The van der Waals surface area contributed by atoms with Crippen LogP contribution in [-0.2, 0) is 0 Å². The number of rotatable bonds is 4. The summed E-state index contributed by atoms with van der Waals surface area (Å²) >= 11 is 1.45. The fourth-order valence-corrected chi connectivity index (χ4v) is 4.00. The van der Waals surface area contributed by atoms with Crippen LogP contribution in [0.4, 0.5) is 0 Å². The van der Waals surface area contributed by atoms with E-state index < -0.39 is 0 Å². The van der Waals surface area contributed by atoms with Crippen LogP contribution < -0.4 is 0 Å². The number of aryl methyl sites for hydroxylation is 1. The Morgan fingerprint density at radius 1 is 1.25 bits per heavy atom. The first-order chi connectivity index (χ1) is 11.5. The first kappa shape index (κ1) is 17.0. The molecule has 1 aliphatic rings. The predicted molar refractivity (Wildman–Crippen MR) is 97.3 cm³/mol. The number of hydrogen-bond donors (Lipinski definition) is 0. The van der Waals surface area contributed by atoms with Crippen LogP contribution >= 0.6 is 11.3 Å². The van der Waals surface area contributed by atoms with Crippen molar-refractivity contribution in [3.05, 3.63) is 35.0 Å². The summed E-state index contributed by atoms with van der Waals surface area (Å²) in [5.41, 5.74) is 1.63. The molecule has 0 unspecified atom stereocenters. The highest BCUT2D eigenvalue weighted by atomic mass is 32.1. The molecule has 0 radical (unpaired) electrons. The van der Waals surface area contributed by atoms with Crippen LogP contribution in [0.15, 0.2) is 24.4 Å². The fraction of sp³-hybridized carbons (Fsp3) is 0.500. The zero-order chi connectivity index (χ0) is 17.1. The first-order valence-electron chi connectivity index (χ1n) is 8.45. The van der Waals surface area contributed by atoms with Gasteiger partial charge in [-0.05, 0) is 25.0 Å². The first-order valence-corrected chi connectivity index (χ1v) is 9.26. The summed E-state index contributed by atoms with van der Waals surface area (Å²) in [6.45, 7) is 11.0. The van der Waals surface area contributed by atoms with E-state index in [1.54, 1.807) is 6.20 Å². The van der Waals surface area contributed by atoms with Gasteiger partial charge >= 0.3 is 0 Å². The molecular weight excluding hydrogens is 320 g/mol. The molecule has 0 bridgehead atoms. The van der Waals surface area contributed by atoms with Crippen LogP contribution in [0, 0.1) is 12.8 Å². The molecule has 0 N–H and O–H groups in total. The molecule has 2 aromatic heterocycles. The van der Waals surface area contributed by atoms with E-state index in [0.29, 0.717) is 5.92 Å². The summed E-state index contributed by atoms with van der Waals surface area (Å²) in [4.78, 5) is 26.9. The zero-order valence-corrected chi connectivity index (χ0v) is 15.3. The van der Waals surface area contributed by atoms with E-state index in [4.69, 9.17) is 0 Å². The molecule has 1 amide bonds. The van der Waals surface area contributed by atoms with E-state index in [1.807, 2.05) is 30.0 Å². The number of hydrogen-bond acceptors (Lipinski definition) is 5. The summed E-state index contributed by atoms with van der Waals surface area (Å²) < 4.78 is 0. The van der Waals surface area contributed by atoms with Crippen molar-refractivity contribution in [2.75, 3.05) is 32.7 Å². The van der Waals surface area contributed by atoms with Gasteiger partial charge in [0, 0.05) is 38.9 Å². The smallest absolute Gasteiger partial charge is 0.265 e. The number of pyridine rings is 1. The Balaban J connectivity index is 1.69. The summed E-state index contributed by atoms with van der Waals surface area (Å²) in [6.07, 6.45) is 1.75. The van der Waals surface area contributed by atoms with Crippen molar-refractivity contribution >= 4 is 17.2 Å². The Morgan fingerprint density at radius 3 is 2.62 bits per heavy atom. The van der Waals surface area contributed by atoms with Crippen molar-refractivity contribution in [3.8, 4) is 10.7 Å². The Labute approximate surface area is 147 Å². The van der Waals surface area contributed by atoms with Gasteiger partial charge in [0.25, 0.3) is 5.91 Å². The molecule has 5 nitrogen and oxygen atoms in total. The maximum Gasteiger partial charge on any atom is 0.265 e. The van der Waals surface area contributed by atoms with Gasteiger partial charge in [-0.1, -0.05) is 19.9 Å². The molecule has 1 saturated heterocycles. The minimum Gasteiger partial charge on any atom is -0.335 e. The molecule has 6 heteroatoms. The summed E-state index contributed by atoms with van der Waals surface area (Å²) in [6, 6.07) is 5.75. The molecule has 3 heterocycles. The number of nitrogens with zero attached hydrogens (tertiary/aromatic N) is 4. The number of amides is 1. The van der Waals surface area contributed by atoms with Crippen molar-refractivity contribution in [1.29, 1.82) is 0 Å². The van der Waals surface area contributed by atoms with Gasteiger partial charge in [0.15, 0.2) is 0 Å². The minimum atomic E-state index is 0.108. The lowest BCUT2D eigenvalue weighted by Gasteiger charge is -2.35. The van der Waals surface area contributed by atoms with E-state index in [-0.39, 0.29) is 5.91 Å². The van der Waals surface area contributed by atoms with Crippen LogP contribution in [0.5, 0.6) is 0 Å². The highest BCUT2D eigenvalue weighted by Crippen LogP contribution is 2.27. The van der Waals surface area contributed by atoms with E-state index >= 15 is 0 Å². The Kier molecular flexibility index (Phi) is 5.26. The van der Waals surface area contributed by atoms with Crippen LogP contribution in [0.2, 0.25) is 0 Å². The average Bonchev–Trinajstić information content (AvgIpc) is 2.97. The molecule has 1 fully saturated rings. The molecule has 0 saturated carbocycles. The van der Waals surface area contributed by atoms with Gasteiger partial charge < -0.3 is 4.90 Å².